The fraction of sp³-hybridized carbons (Fsp3) is 0.357. The van der Waals surface area contributed by atoms with E-state index >= 15 is 0 Å². The molecule has 0 radical (unpaired) electrons. The zero-order valence-corrected chi connectivity index (χ0v) is 24.5. The van der Waals surface area contributed by atoms with Crippen molar-refractivity contribution in [2.45, 2.75) is 44.8 Å². The van der Waals surface area contributed by atoms with Crippen molar-refractivity contribution in [3.63, 3.8) is 0 Å². The number of hydrogen-bond donors (Lipinski definition) is 3. The van der Waals surface area contributed by atoms with Crippen LogP contribution in [0.25, 0.3) is 17.3 Å². The van der Waals surface area contributed by atoms with Crippen molar-refractivity contribution in [2.24, 2.45) is 0 Å². The number of benzene rings is 1. The lowest BCUT2D eigenvalue weighted by Gasteiger charge is -2.24. The molecule has 3 rings (SSSR count). The highest BCUT2D eigenvalue weighted by Gasteiger charge is 2.30. The lowest BCUT2D eigenvalue weighted by Crippen LogP contribution is -2.28. The first-order chi connectivity index (χ1) is 19.7. The van der Waals surface area contributed by atoms with Gasteiger partial charge in [-0.1, -0.05) is 26.0 Å². The minimum Gasteiger partial charge on any atom is -0.481 e. The van der Waals surface area contributed by atoms with Gasteiger partial charge in [-0.05, 0) is 36.2 Å². The van der Waals surface area contributed by atoms with Crippen LogP contribution in [0.3, 0.4) is 0 Å². The number of carbonyl (C=O) groups is 1. The van der Waals surface area contributed by atoms with E-state index in [0.29, 0.717) is 16.8 Å². The Labute approximate surface area is 243 Å². The van der Waals surface area contributed by atoms with Gasteiger partial charge in [-0.2, -0.15) is 9.29 Å². The Balaban J connectivity index is 2.27. The molecule has 226 valence electrons. The summed E-state index contributed by atoms with van der Waals surface area (Å²) in [5, 5.41) is 29.3. The van der Waals surface area contributed by atoms with E-state index in [1.54, 1.807) is 0 Å². The molecular weight excluding hydrogens is 571 g/mol. The summed E-state index contributed by atoms with van der Waals surface area (Å²) in [7, 11) is -1.36. The van der Waals surface area contributed by atoms with Crippen LogP contribution in [0.2, 0.25) is 0 Å². The zero-order valence-electron chi connectivity index (χ0n) is 23.7. The molecule has 1 aromatic carbocycles. The summed E-state index contributed by atoms with van der Waals surface area (Å²) in [5.41, 5.74) is 1.47. The third-order valence-corrected chi connectivity index (χ3v) is 7.01. The molecule has 12 nitrogen and oxygen atoms in total. The minimum atomic E-state index is -4.08. The quantitative estimate of drug-likeness (QED) is 0.261. The number of aliphatic hydroxyl groups excluding tert-OH is 2. The Morgan fingerprint density at radius 2 is 1.71 bits per heavy atom. The monoisotopic (exact) mass is 604 g/mol. The second-order valence-corrected chi connectivity index (χ2v) is 11.5. The molecule has 0 spiro atoms. The van der Waals surface area contributed by atoms with Gasteiger partial charge in [-0.3, -0.25) is 4.79 Å². The molecule has 0 fully saturated rings. The maximum absolute atomic E-state index is 13.8. The van der Waals surface area contributed by atoms with Crippen LogP contribution in [0.1, 0.15) is 43.9 Å². The summed E-state index contributed by atoms with van der Waals surface area (Å²) in [5.74, 6) is -2.11. The predicted molar refractivity (Wildman–Crippen MR) is 154 cm³/mol. The van der Waals surface area contributed by atoms with Gasteiger partial charge in [0.05, 0.1) is 50.5 Å². The zero-order chi connectivity index (χ0) is 31.2. The van der Waals surface area contributed by atoms with Crippen molar-refractivity contribution in [3.8, 4) is 23.0 Å². The Morgan fingerprint density at radius 1 is 1.05 bits per heavy atom. The summed E-state index contributed by atoms with van der Waals surface area (Å²) in [6.45, 7) is 3.65. The fourth-order valence-corrected chi connectivity index (χ4v) is 4.99. The second kappa shape index (κ2) is 13.7. The Kier molecular flexibility index (Phi) is 10.5. The maximum Gasteiger partial charge on any atom is 0.305 e. The first-order valence-corrected chi connectivity index (χ1v) is 14.6. The number of carboxylic acid groups (broad SMARTS) is 1. The lowest BCUT2D eigenvalue weighted by molar-refractivity contribution is -0.139. The highest BCUT2D eigenvalue weighted by atomic mass is 32.2. The number of halogens is 1. The average molecular weight is 605 g/mol. The van der Waals surface area contributed by atoms with E-state index < -0.39 is 40.4 Å². The second-order valence-electron chi connectivity index (χ2n) is 9.66. The van der Waals surface area contributed by atoms with Crippen molar-refractivity contribution >= 4 is 33.7 Å². The van der Waals surface area contributed by atoms with Crippen molar-refractivity contribution in [3.05, 3.63) is 59.5 Å². The number of hydrogen-bond acceptors (Lipinski definition) is 10. The molecular formula is C28H33FN4O8S. The molecule has 3 N–H and O–H groups in total. The summed E-state index contributed by atoms with van der Waals surface area (Å²) in [4.78, 5) is 24.3. The average Bonchev–Trinajstić information content (AvgIpc) is 2.91. The minimum absolute atomic E-state index is 0.0201. The third kappa shape index (κ3) is 7.99. The molecule has 3 aromatic rings. The number of aromatic nitrogens is 3. The molecule has 0 unspecified atom stereocenters. The van der Waals surface area contributed by atoms with Crippen LogP contribution in [-0.4, -0.2) is 77.3 Å². The molecule has 0 bridgehead atoms. The molecule has 0 aliphatic heterocycles. The van der Waals surface area contributed by atoms with Crippen LogP contribution in [0.4, 0.5) is 16.0 Å². The third-order valence-electron chi connectivity index (χ3n) is 5.99. The highest BCUT2D eigenvalue weighted by molar-refractivity contribution is 7.92. The van der Waals surface area contributed by atoms with Crippen molar-refractivity contribution in [1.82, 2.24) is 15.0 Å². The van der Waals surface area contributed by atoms with Crippen LogP contribution in [0.15, 0.2) is 42.5 Å². The van der Waals surface area contributed by atoms with E-state index in [2.05, 4.69) is 15.0 Å². The molecule has 14 heteroatoms. The Bertz CT molecular complexity index is 1550. The molecule has 42 heavy (non-hydrogen) atoms. The topological polar surface area (TPSA) is 172 Å². The summed E-state index contributed by atoms with van der Waals surface area (Å²) >= 11 is 0. The van der Waals surface area contributed by atoms with Gasteiger partial charge in [0.2, 0.25) is 27.7 Å². The number of methoxy groups -OCH3 is 2. The summed E-state index contributed by atoms with van der Waals surface area (Å²) in [6, 6.07) is 8.28. The van der Waals surface area contributed by atoms with Crippen LogP contribution in [0, 0.1) is 5.82 Å². The van der Waals surface area contributed by atoms with Crippen molar-refractivity contribution in [2.75, 3.05) is 24.8 Å². The number of pyridine rings is 1. The van der Waals surface area contributed by atoms with E-state index in [1.165, 1.54) is 62.8 Å². The van der Waals surface area contributed by atoms with Crippen LogP contribution < -0.4 is 13.8 Å². The van der Waals surface area contributed by atoms with Gasteiger partial charge in [0.1, 0.15) is 11.5 Å². The molecule has 0 saturated heterocycles. The largest absolute Gasteiger partial charge is 0.481 e. The number of sulfonamides is 1. The molecule has 2 atom stereocenters. The number of rotatable bonds is 13. The smallest absolute Gasteiger partial charge is 0.305 e. The van der Waals surface area contributed by atoms with Gasteiger partial charge < -0.3 is 24.8 Å². The normalized spacial score (nSPS) is 13.3. The van der Waals surface area contributed by atoms with E-state index in [0.717, 1.165) is 10.6 Å². The molecule has 2 heterocycles. The van der Waals surface area contributed by atoms with Gasteiger partial charge in [0.15, 0.2) is 0 Å². The summed E-state index contributed by atoms with van der Waals surface area (Å²) < 4.78 is 51.5. The van der Waals surface area contributed by atoms with E-state index in [-0.39, 0.29) is 41.4 Å². The fourth-order valence-electron chi connectivity index (χ4n) is 4.12. The SMILES string of the molecule is COc1ccc(N(c2nc(-c3ccc(F)cc3)c(C=C[C@@H](O)C[C@@H](O)CC(=O)O)c(C(C)C)n2)S(C)(=O)=O)c(OC)n1. The maximum atomic E-state index is 13.8. The lowest BCUT2D eigenvalue weighted by atomic mass is 9.97. The summed E-state index contributed by atoms with van der Waals surface area (Å²) in [6.07, 6.45) is 0.561. The Morgan fingerprint density at radius 3 is 2.26 bits per heavy atom. The van der Waals surface area contributed by atoms with Crippen LogP contribution in [-0.2, 0) is 14.8 Å². The number of aliphatic carboxylic acids is 1. The Hall–Kier alpha value is -4.14. The first-order valence-electron chi connectivity index (χ1n) is 12.8. The molecule has 2 aromatic heterocycles. The van der Waals surface area contributed by atoms with Gasteiger partial charge in [0, 0.05) is 23.6 Å². The molecule has 0 saturated carbocycles. The number of anilines is 2. The number of nitrogens with zero attached hydrogens (tertiary/aromatic N) is 4. The van der Waals surface area contributed by atoms with Gasteiger partial charge in [-0.25, -0.2) is 22.8 Å². The van der Waals surface area contributed by atoms with Crippen LogP contribution >= 0.6 is 0 Å². The van der Waals surface area contributed by atoms with E-state index in [9.17, 15) is 27.8 Å². The molecule has 0 amide bonds. The van der Waals surface area contributed by atoms with Gasteiger partial charge >= 0.3 is 5.97 Å². The van der Waals surface area contributed by atoms with Crippen LogP contribution in [0.5, 0.6) is 11.8 Å². The highest BCUT2D eigenvalue weighted by Crippen LogP contribution is 2.38. The van der Waals surface area contributed by atoms with E-state index in [4.69, 9.17) is 14.6 Å². The number of carboxylic acids is 1. The standard InChI is InChI=1S/C28H33FN4O8S/c1-16(2)25-21(11-10-19(34)14-20(35)15-24(36)37)26(17-6-8-18(29)9-7-17)32-28(31-25)33(42(5,38)39)22-12-13-23(40-3)30-27(22)41-4/h6-13,16,19-20,34-35H,14-15H2,1-5H3,(H,36,37)/t19-,20-/m1/s1. The predicted octanol–water partition coefficient (Wildman–Crippen LogP) is 3.52. The van der Waals surface area contributed by atoms with Crippen molar-refractivity contribution in [1.29, 1.82) is 0 Å². The van der Waals surface area contributed by atoms with Crippen molar-refractivity contribution < 1.29 is 42.4 Å². The molecule has 0 aliphatic rings. The number of ether oxygens (including phenoxy) is 2. The van der Waals surface area contributed by atoms with E-state index in [1.807, 2.05) is 13.8 Å². The first kappa shape index (κ1) is 32.4. The number of aliphatic hydroxyl groups is 2. The molecule has 0 aliphatic carbocycles. The van der Waals surface area contributed by atoms with Gasteiger partial charge in [-0.15, -0.1) is 0 Å². The van der Waals surface area contributed by atoms with Gasteiger partial charge in [0.25, 0.3) is 0 Å².